The summed E-state index contributed by atoms with van der Waals surface area (Å²) >= 11 is 6.02. The first kappa shape index (κ1) is 18.3. The van der Waals surface area contributed by atoms with Crippen LogP contribution in [0, 0.1) is 0 Å². The molecule has 3 heterocycles. The zero-order valence-electron chi connectivity index (χ0n) is 15.5. The molecule has 0 atom stereocenters. The van der Waals surface area contributed by atoms with Crippen LogP contribution >= 0.6 is 11.6 Å². The second kappa shape index (κ2) is 7.90. The molecule has 144 valence electrons. The van der Waals surface area contributed by atoms with Crippen molar-refractivity contribution >= 4 is 23.5 Å². The molecule has 7 nitrogen and oxygen atoms in total. The fraction of sp³-hybridized carbons (Fsp3) is 0.250. The summed E-state index contributed by atoms with van der Waals surface area (Å²) in [5.74, 6) is 0.880. The molecule has 0 N–H and O–H groups in total. The van der Waals surface area contributed by atoms with E-state index in [4.69, 9.17) is 21.4 Å². The van der Waals surface area contributed by atoms with E-state index in [1.54, 1.807) is 17.3 Å². The molecular formula is C20H20ClN5O2. The molecule has 0 radical (unpaired) electrons. The molecule has 0 saturated carbocycles. The Kier molecular flexibility index (Phi) is 5.16. The summed E-state index contributed by atoms with van der Waals surface area (Å²) in [5.41, 5.74) is 2.99. The molecule has 28 heavy (non-hydrogen) atoms. The Hall–Kier alpha value is -3.06. The maximum atomic E-state index is 11.8. The zero-order valence-corrected chi connectivity index (χ0v) is 16.2. The van der Waals surface area contributed by atoms with Gasteiger partial charge in [-0.2, -0.15) is 0 Å². The Morgan fingerprint density at radius 2 is 1.71 bits per heavy atom. The number of carbonyl (C=O) groups is 1. The van der Waals surface area contributed by atoms with Crippen molar-refractivity contribution in [3.63, 3.8) is 0 Å². The van der Waals surface area contributed by atoms with Gasteiger partial charge in [0, 0.05) is 55.4 Å². The topological polar surface area (TPSA) is 63.5 Å². The molecule has 1 fully saturated rings. The quantitative estimate of drug-likeness (QED) is 0.677. The number of benzene rings is 1. The van der Waals surface area contributed by atoms with Crippen LogP contribution in [0.4, 0.5) is 10.6 Å². The highest BCUT2D eigenvalue weighted by atomic mass is 35.5. The molecule has 2 aromatic heterocycles. The van der Waals surface area contributed by atoms with Crippen LogP contribution in [0.25, 0.3) is 16.8 Å². The number of piperazine rings is 1. The summed E-state index contributed by atoms with van der Waals surface area (Å²) in [6.07, 6.45) is 5.27. The summed E-state index contributed by atoms with van der Waals surface area (Å²) in [5, 5.41) is 5.53. The largest absolute Gasteiger partial charge is 0.453 e. The summed E-state index contributed by atoms with van der Waals surface area (Å²) in [6, 6.07) is 11.5. The first-order chi connectivity index (χ1) is 13.7. The SMILES string of the molecule is COC(=O)N1CCN(c2nn(-c3ccc(Cl)cc3)cc2-c2ccncc2)CC1. The summed E-state index contributed by atoms with van der Waals surface area (Å²) in [6.45, 7) is 2.56. The standard InChI is InChI=1S/C20H20ClN5O2/c1-28-20(27)25-12-10-24(11-13-25)19-18(15-6-8-22-9-7-15)14-26(23-19)17-4-2-16(21)3-5-17/h2-9,14H,10-13H2,1H3. The van der Waals surface area contributed by atoms with Gasteiger partial charge in [-0.05, 0) is 42.0 Å². The first-order valence-corrected chi connectivity index (χ1v) is 9.37. The molecule has 1 aliphatic heterocycles. The number of amides is 1. The monoisotopic (exact) mass is 397 g/mol. The minimum Gasteiger partial charge on any atom is -0.453 e. The minimum absolute atomic E-state index is 0.291. The predicted molar refractivity (Wildman–Crippen MR) is 108 cm³/mol. The molecule has 1 saturated heterocycles. The Bertz CT molecular complexity index is 950. The Morgan fingerprint density at radius 1 is 1.04 bits per heavy atom. The van der Waals surface area contributed by atoms with Crippen molar-refractivity contribution in [1.29, 1.82) is 0 Å². The van der Waals surface area contributed by atoms with Crippen molar-refractivity contribution in [3.8, 4) is 16.8 Å². The number of hydrogen-bond acceptors (Lipinski definition) is 5. The van der Waals surface area contributed by atoms with Crippen LogP contribution in [0.3, 0.4) is 0 Å². The van der Waals surface area contributed by atoms with Gasteiger partial charge in [-0.15, -0.1) is 5.10 Å². The van der Waals surface area contributed by atoms with E-state index >= 15 is 0 Å². The van der Waals surface area contributed by atoms with Gasteiger partial charge < -0.3 is 14.5 Å². The third-order valence-electron chi connectivity index (χ3n) is 4.79. The van der Waals surface area contributed by atoms with Crippen molar-refractivity contribution in [2.75, 3.05) is 38.2 Å². The Morgan fingerprint density at radius 3 is 2.36 bits per heavy atom. The second-order valence-corrected chi connectivity index (χ2v) is 6.90. The van der Waals surface area contributed by atoms with E-state index in [1.165, 1.54) is 7.11 Å². The van der Waals surface area contributed by atoms with Gasteiger partial charge in [0.05, 0.1) is 12.8 Å². The molecule has 8 heteroatoms. The number of rotatable bonds is 3. The predicted octanol–water partition coefficient (Wildman–Crippen LogP) is 3.48. The lowest BCUT2D eigenvalue weighted by Crippen LogP contribution is -2.49. The van der Waals surface area contributed by atoms with Gasteiger partial charge in [0.25, 0.3) is 0 Å². The molecule has 0 unspecified atom stereocenters. The average molecular weight is 398 g/mol. The number of aromatic nitrogens is 3. The zero-order chi connectivity index (χ0) is 19.5. The van der Waals surface area contributed by atoms with Crippen LogP contribution in [0.15, 0.2) is 55.0 Å². The molecule has 0 spiro atoms. The van der Waals surface area contributed by atoms with Crippen LogP contribution < -0.4 is 4.90 Å². The second-order valence-electron chi connectivity index (χ2n) is 6.47. The van der Waals surface area contributed by atoms with Crippen LogP contribution in [0.1, 0.15) is 0 Å². The van der Waals surface area contributed by atoms with Gasteiger partial charge >= 0.3 is 6.09 Å². The van der Waals surface area contributed by atoms with Crippen molar-refractivity contribution in [2.24, 2.45) is 0 Å². The molecule has 3 aromatic rings. The summed E-state index contributed by atoms with van der Waals surface area (Å²) in [4.78, 5) is 19.8. The van der Waals surface area contributed by atoms with Crippen LogP contribution in [-0.4, -0.2) is 59.0 Å². The molecule has 0 bridgehead atoms. The van der Waals surface area contributed by atoms with Gasteiger partial charge in [0.1, 0.15) is 0 Å². The van der Waals surface area contributed by atoms with Crippen LogP contribution in [0.5, 0.6) is 0 Å². The first-order valence-electron chi connectivity index (χ1n) is 8.99. The van der Waals surface area contributed by atoms with Crippen molar-refractivity contribution in [2.45, 2.75) is 0 Å². The van der Waals surface area contributed by atoms with Gasteiger partial charge in [-0.25, -0.2) is 9.48 Å². The van der Waals surface area contributed by atoms with E-state index in [0.717, 1.165) is 22.6 Å². The number of hydrogen-bond donors (Lipinski definition) is 0. The van der Waals surface area contributed by atoms with E-state index in [0.29, 0.717) is 31.2 Å². The lowest BCUT2D eigenvalue weighted by molar-refractivity contribution is 0.121. The molecule has 1 amide bonds. The fourth-order valence-electron chi connectivity index (χ4n) is 3.29. The van der Waals surface area contributed by atoms with E-state index < -0.39 is 0 Å². The van der Waals surface area contributed by atoms with E-state index in [2.05, 4.69) is 9.88 Å². The van der Waals surface area contributed by atoms with Crippen molar-refractivity contribution < 1.29 is 9.53 Å². The Balaban J connectivity index is 1.67. The average Bonchev–Trinajstić information content (AvgIpc) is 3.20. The highest BCUT2D eigenvalue weighted by Crippen LogP contribution is 2.31. The van der Waals surface area contributed by atoms with E-state index in [1.807, 2.05) is 47.3 Å². The van der Waals surface area contributed by atoms with Gasteiger partial charge in [0.15, 0.2) is 5.82 Å². The van der Waals surface area contributed by atoms with Crippen LogP contribution in [-0.2, 0) is 4.74 Å². The van der Waals surface area contributed by atoms with Crippen molar-refractivity contribution in [3.05, 3.63) is 60.0 Å². The lowest BCUT2D eigenvalue weighted by atomic mass is 10.1. The van der Waals surface area contributed by atoms with E-state index in [-0.39, 0.29) is 6.09 Å². The number of pyridine rings is 1. The number of ether oxygens (including phenoxy) is 1. The number of methoxy groups -OCH3 is 1. The van der Waals surface area contributed by atoms with Crippen molar-refractivity contribution in [1.82, 2.24) is 19.7 Å². The molecule has 4 rings (SSSR count). The number of nitrogens with zero attached hydrogens (tertiary/aromatic N) is 5. The number of carbonyl (C=O) groups excluding carboxylic acids is 1. The molecule has 0 aliphatic carbocycles. The molecule has 1 aliphatic rings. The maximum Gasteiger partial charge on any atom is 0.409 e. The van der Waals surface area contributed by atoms with E-state index in [9.17, 15) is 4.79 Å². The highest BCUT2D eigenvalue weighted by molar-refractivity contribution is 6.30. The number of anilines is 1. The maximum absolute atomic E-state index is 11.8. The number of halogens is 1. The third-order valence-corrected chi connectivity index (χ3v) is 5.04. The normalized spacial score (nSPS) is 14.2. The molecular weight excluding hydrogens is 378 g/mol. The third kappa shape index (κ3) is 3.66. The van der Waals surface area contributed by atoms with Gasteiger partial charge in [-0.3, -0.25) is 4.98 Å². The van der Waals surface area contributed by atoms with Gasteiger partial charge in [0.2, 0.25) is 0 Å². The smallest absolute Gasteiger partial charge is 0.409 e. The molecule has 1 aromatic carbocycles. The van der Waals surface area contributed by atoms with Crippen LogP contribution in [0.2, 0.25) is 5.02 Å². The highest BCUT2D eigenvalue weighted by Gasteiger charge is 2.25. The summed E-state index contributed by atoms with van der Waals surface area (Å²) in [7, 11) is 1.41. The minimum atomic E-state index is -0.291. The lowest BCUT2D eigenvalue weighted by Gasteiger charge is -2.34. The fourth-order valence-corrected chi connectivity index (χ4v) is 3.42. The van der Waals surface area contributed by atoms with Gasteiger partial charge in [-0.1, -0.05) is 11.6 Å². The Labute approximate surface area is 168 Å². The summed E-state index contributed by atoms with van der Waals surface area (Å²) < 4.78 is 6.68.